The number of halogens is 2. The van der Waals surface area contributed by atoms with Crippen LogP contribution in [0, 0.1) is 0 Å². The van der Waals surface area contributed by atoms with Gasteiger partial charge >= 0.3 is 0 Å². The zero-order valence-electron chi connectivity index (χ0n) is 10.1. The maximum atomic E-state index is 11.5. The third-order valence-electron chi connectivity index (χ3n) is 2.87. The lowest BCUT2D eigenvalue weighted by molar-refractivity contribution is -0.112. The van der Waals surface area contributed by atoms with Gasteiger partial charge in [-0.15, -0.1) is 0 Å². The van der Waals surface area contributed by atoms with Crippen LogP contribution in [0.5, 0.6) is 5.75 Å². The average Bonchev–Trinajstić information content (AvgIpc) is 2.85. The van der Waals surface area contributed by atoms with E-state index in [1.54, 1.807) is 0 Å². The summed E-state index contributed by atoms with van der Waals surface area (Å²) in [6.45, 7) is 1.47. The molecule has 1 aliphatic rings. The lowest BCUT2D eigenvalue weighted by atomic mass is 10.3. The van der Waals surface area contributed by atoms with Crippen molar-refractivity contribution < 1.29 is 9.90 Å². The summed E-state index contributed by atoms with van der Waals surface area (Å²) < 4.78 is 0. The van der Waals surface area contributed by atoms with Gasteiger partial charge in [0.1, 0.15) is 5.75 Å². The number of carbonyl (C=O) groups is 1. The number of benzene rings is 1. The van der Waals surface area contributed by atoms with Gasteiger partial charge in [-0.25, -0.2) is 4.99 Å². The maximum Gasteiger partial charge on any atom is 0.284 e. The summed E-state index contributed by atoms with van der Waals surface area (Å²) >= 11 is 11.7. The number of likely N-dealkylation sites (tertiary alicyclic amines) is 1. The molecule has 0 saturated carbocycles. The second-order valence-electron chi connectivity index (χ2n) is 4.25. The van der Waals surface area contributed by atoms with Gasteiger partial charge in [-0.1, -0.05) is 23.2 Å². The number of aliphatic imine (C=N–C) groups is 1. The zero-order valence-corrected chi connectivity index (χ0v) is 11.6. The van der Waals surface area contributed by atoms with E-state index in [0.717, 1.165) is 25.9 Å². The molecule has 0 spiro atoms. The van der Waals surface area contributed by atoms with Crippen molar-refractivity contribution in [3.8, 4) is 5.75 Å². The molecule has 1 fully saturated rings. The number of rotatable bonds is 1. The Bertz CT molecular complexity index is 540. The SMILES string of the molecule is NC(=O)/C(=N/c1cc(O)c(Cl)cc1Cl)N1CCCC1. The Hall–Kier alpha value is -1.46. The van der Waals surface area contributed by atoms with Crippen molar-refractivity contribution in [1.29, 1.82) is 0 Å². The molecule has 1 aromatic carbocycles. The van der Waals surface area contributed by atoms with Gasteiger partial charge in [-0.2, -0.15) is 0 Å². The van der Waals surface area contributed by atoms with Crippen LogP contribution < -0.4 is 5.73 Å². The fourth-order valence-electron chi connectivity index (χ4n) is 1.94. The van der Waals surface area contributed by atoms with Gasteiger partial charge in [0.15, 0.2) is 5.84 Å². The molecule has 0 bridgehead atoms. The van der Waals surface area contributed by atoms with Crippen molar-refractivity contribution in [3.63, 3.8) is 0 Å². The summed E-state index contributed by atoms with van der Waals surface area (Å²) in [5.74, 6) is -0.608. The highest BCUT2D eigenvalue weighted by molar-refractivity contribution is 6.39. The number of phenols is 1. The highest BCUT2D eigenvalue weighted by atomic mass is 35.5. The fraction of sp³-hybridized carbons (Fsp3) is 0.333. The first kappa shape index (κ1) is 14.0. The number of hydrogen-bond acceptors (Lipinski definition) is 3. The van der Waals surface area contributed by atoms with Crippen LogP contribution in [0.3, 0.4) is 0 Å². The second kappa shape index (κ2) is 5.67. The van der Waals surface area contributed by atoms with E-state index in [1.165, 1.54) is 12.1 Å². The van der Waals surface area contributed by atoms with Crippen molar-refractivity contribution in [2.75, 3.05) is 13.1 Å². The summed E-state index contributed by atoms with van der Waals surface area (Å²) in [5, 5.41) is 9.93. The average molecular weight is 302 g/mol. The number of carbonyl (C=O) groups excluding carboxylic acids is 1. The Kier molecular flexibility index (Phi) is 4.17. The molecule has 1 aromatic rings. The van der Waals surface area contributed by atoms with Crippen LogP contribution in [0.15, 0.2) is 17.1 Å². The van der Waals surface area contributed by atoms with Gasteiger partial charge in [0.2, 0.25) is 0 Å². The van der Waals surface area contributed by atoms with Crippen molar-refractivity contribution in [1.82, 2.24) is 4.90 Å². The lowest BCUT2D eigenvalue weighted by Gasteiger charge is -2.17. The van der Waals surface area contributed by atoms with E-state index >= 15 is 0 Å². The quantitative estimate of drug-likeness (QED) is 0.617. The predicted octanol–water partition coefficient (Wildman–Crippen LogP) is 2.31. The van der Waals surface area contributed by atoms with E-state index < -0.39 is 5.91 Å². The normalized spacial score (nSPS) is 15.9. The predicted molar refractivity (Wildman–Crippen MR) is 75.2 cm³/mol. The molecular weight excluding hydrogens is 289 g/mol. The van der Waals surface area contributed by atoms with Gasteiger partial charge in [0.25, 0.3) is 5.91 Å². The monoisotopic (exact) mass is 301 g/mol. The van der Waals surface area contributed by atoms with Gasteiger partial charge in [-0.05, 0) is 18.9 Å². The molecule has 7 heteroatoms. The smallest absolute Gasteiger partial charge is 0.284 e. The molecule has 1 heterocycles. The summed E-state index contributed by atoms with van der Waals surface area (Å²) in [4.78, 5) is 17.4. The number of nitrogens with two attached hydrogens (primary N) is 1. The van der Waals surface area contributed by atoms with Gasteiger partial charge < -0.3 is 15.7 Å². The molecule has 19 heavy (non-hydrogen) atoms. The molecule has 0 radical (unpaired) electrons. The fourth-order valence-corrected chi connectivity index (χ4v) is 2.36. The molecule has 0 aliphatic carbocycles. The van der Waals surface area contributed by atoms with E-state index in [-0.39, 0.29) is 27.3 Å². The number of hydrogen-bond donors (Lipinski definition) is 2. The van der Waals surface area contributed by atoms with Gasteiger partial charge in [0, 0.05) is 19.2 Å². The van der Waals surface area contributed by atoms with Crippen molar-refractivity contribution in [3.05, 3.63) is 22.2 Å². The van der Waals surface area contributed by atoms with E-state index in [4.69, 9.17) is 28.9 Å². The molecule has 3 N–H and O–H groups in total. The number of amidine groups is 1. The molecule has 1 saturated heterocycles. The highest BCUT2D eigenvalue weighted by Gasteiger charge is 2.21. The van der Waals surface area contributed by atoms with Crippen LogP contribution in [-0.2, 0) is 4.79 Å². The Labute approximate surface area is 120 Å². The van der Waals surface area contributed by atoms with Crippen molar-refractivity contribution in [2.24, 2.45) is 10.7 Å². The Morgan fingerprint density at radius 2 is 1.89 bits per heavy atom. The molecule has 1 aliphatic heterocycles. The number of phenolic OH excluding ortho intramolecular Hbond substituents is 1. The summed E-state index contributed by atoms with van der Waals surface area (Å²) in [6.07, 6.45) is 1.98. The van der Waals surface area contributed by atoms with Crippen LogP contribution in [0.25, 0.3) is 0 Å². The zero-order chi connectivity index (χ0) is 14.0. The van der Waals surface area contributed by atoms with Crippen LogP contribution >= 0.6 is 23.2 Å². The third-order valence-corrected chi connectivity index (χ3v) is 3.47. The summed E-state index contributed by atoms with van der Waals surface area (Å²) in [6, 6.07) is 2.68. The van der Waals surface area contributed by atoms with Crippen LogP contribution in [-0.4, -0.2) is 34.8 Å². The van der Waals surface area contributed by atoms with Gasteiger partial charge in [-0.3, -0.25) is 4.79 Å². The van der Waals surface area contributed by atoms with Crippen molar-refractivity contribution >= 4 is 40.6 Å². The Balaban J connectivity index is 2.41. The molecule has 0 atom stereocenters. The summed E-state index contributed by atoms with van der Waals surface area (Å²) in [5.41, 5.74) is 5.61. The minimum Gasteiger partial charge on any atom is -0.506 e. The number of aromatic hydroxyl groups is 1. The Morgan fingerprint density at radius 1 is 1.26 bits per heavy atom. The lowest BCUT2D eigenvalue weighted by Crippen LogP contribution is -2.38. The van der Waals surface area contributed by atoms with E-state index in [1.807, 2.05) is 4.90 Å². The first-order valence-corrected chi connectivity index (χ1v) is 6.56. The molecule has 5 nitrogen and oxygen atoms in total. The van der Waals surface area contributed by atoms with E-state index in [9.17, 15) is 9.90 Å². The second-order valence-corrected chi connectivity index (χ2v) is 5.06. The first-order chi connectivity index (χ1) is 8.99. The largest absolute Gasteiger partial charge is 0.506 e. The molecular formula is C12H13Cl2N3O2. The summed E-state index contributed by atoms with van der Waals surface area (Å²) in [7, 11) is 0. The van der Waals surface area contributed by atoms with Crippen molar-refractivity contribution in [2.45, 2.75) is 12.8 Å². The molecule has 1 amide bonds. The number of nitrogens with zero attached hydrogens (tertiary/aromatic N) is 2. The van der Waals surface area contributed by atoms with E-state index in [0.29, 0.717) is 0 Å². The standard InChI is InChI=1S/C12H13Cl2N3O2/c13-7-5-8(14)10(18)6-9(7)16-12(11(15)19)17-3-1-2-4-17/h5-6,18H,1-4H2,(H2,15,19)/b16-12-. The van der Waals surface area contributed by atoms with Crippen LogP contribution in [0.2, 0.25) is 10.0 Å². The van der Waals surface area contributed by atoms with Crippen LogP contribution in [0.4, 0.5) is 5.69 Å². The molecule has 2 rings (SSSR count). The first-order valence-electron chi connectivity index (χ1n) is 5.80. The minimum absolute atomic E-state index is 0.130. The number of primary amides is 1. The third kappa shape index (κ3) is 3.11. The molecule has 0 aromatic heterocycles. The molecule has 102 valence electrons. The topological polar surface area (TPSA) is 78.9 Å². The van der Waals surface area contributed by atoms with Gasteiger partial charge in [0.05, 0.1) is 15.7 Å². The maximum absolute atomic E-state index is 11.5. The highest BCUT2D eigenvalue weighted by Crippen LogP contribution is 2.35. The Morgan fingerprint density at radius 3 is 2.47 bits per heavy atom. The van der Waals surface area contributed by atoms with E-state index in [2.05, 4.69) is 4.99 Å². The minimum atomic E-state index is -0.618. The number of amides is 1. The molecule has 0 unspecified atom stereocenters. The van der Waals surface area contributed by atoms with Crippen LogP contribution in [0.1, 0.15) is 12.8 Å².